The van der Waals surface area contributed by atoms with Crippen molar-refractivity contribution in [2.45, 2.75) is 38.0 Å². The van der Waals surface area contributed by atoms with Crippen molar-refractivity contribution in [3.63, 3.8) is 0 Å². The number of halogens is 12. The summed E-state index contributed by atoms with van der Waals surface area (Å²) in [5.41, 5.74) is -10.6. The summed E-state index contributed by atoms with van der Waals surface area (Å²) in [6.07, 6.45) is -27.8. The number of hydrogen-bond acceptors (Lipinski definition) is 4. The van der Waals surface area contributed by atoms with Crippen LogP contribution >= 0.6 is 0 Å². The van der Waals surface area contributed by atoms with Crippen molar-refractivity contribution in [2.75, 3.05) is 13.6 Å². The lowest BCUT2D eigenvalue weighted by atomic mass is 9.58. The lowest BCUT2D eigenvalue weighted by molar-refractivity contribution is -0.372. The number of alkyl halides is 12. The van der Waals surface area contributed by atoms with Gasteiger partial charge in [0.05, 0.1) is 6.54 Å². The first kappa shape index (κ1) is 27.7. The molecule has 0 N–H and O–H groups in total. The fourth-order valence-electron chi connectivity index (χ4n) is 4.03. The number of carbonyl (C=O) groups is 4. The minimum atomic E-state index is -6.72. The van der Waals surface area contributed by atoms with E-state index < -0.39 is 88.9 Å². The third kappa shape index (κ3) is 3.26. The summed E-state index contributed by atoms with van der Waals surface area (Å²) in [5.74, 6) is -17.3. The van der Waals surface area contributed by atoms with E-state index >= 15 is 0 Å². The molecule has 0 aromatic heterocycles. The predicted molar refractivity (Wildman–Crippen MR) is 80.9 cm³/mol. The van der Waals surface area contributed by atoms with Crippen molar-refractivity contribution in [1.82, 2.24) is 9.80 Å². The summed E-state index contributed by atoms with van der Waals surface area (Å²) >= 11 is 0. The van der Waals surface area contributed by atoms with Crippen molar-refractivity contribution in [3.05, 3.63) is 0 Å². The Morgan fingerprint density at radius 3 is 1.21 bits per heavy atom. The maximum atomic E-state index is 13.8. The van der Waals surface area contributed by atoms with E-state index in [1.165, 1.54) is 0 Å². The fraction of sp³-hybridized carbons (Fsp3) is 0.750. The molecule has 2 aliphatic rings. The Kier molecular flexibility index (Phi) is 6.08. The van der Waals surface area contributed by atoms with Gasteiger partial charge >= 0.3 is 24.7 Å². The number of β-lactam (4-membered cyclic amide) rings is 4. The lowest BCUT2D eigenvalue weighted by Gasteiger charge is -2.54. The summed E-state index contributed by atoms with van der Waals surface area (Å²) in [5, 5.41) is 0. The summed E-state index contributed by atoms with van der Waals surface area (Å²) < 4.78 is 163. The fourth-order valence-corrected chi connectivity index (χ4v) is 4.03. The van der Waals surface area contributed by atoms with Crippen LogP contribution in [0.25, 0.3) is 0 Å². The molecule has 0 aromatic carbocycles. The molecule has 2 saturated heterocycles. The molecule has 0 aliphatic carbocycles. The van der Waals surface area contributed by atoms with Gasteiger partial charge in [-0.1, -0.05) is 6.92 Å². The van der Waals surface area contributed by atoms with Crippen molar-refractivity contribution in [3.8, 4) is 0 Å². The average Bonchev–Trinajstić information content (AvgIpc) is 2.63. The van der Waals surface area contributed by atoms with Crippen LogP contribution in [-0.4, -0.2) is 71.7 Å². The quantitative estimate of drug-likeness (QED) is 0.315. The monoisotopic (exact) mass is 524 g/mol. The second-order valence-corrected chi connectivity index (χ2v) is 7.66. The minimum Gasteiger partial charge on any atom is -0.284 e. The van der Waals surface area contributed by atoms with E-state index in [4.69, 9.17) is 0 Å². The van der Waals surface area contributed by atoms with E-state index in [0.29, 0.717) is 14.0 Å². The molecule has 34 heavy (non-hydrogen) atoms. The van der Waals surface area contributed by atoms with Gasteiger partial charge < -0.3 is 0 Å². The van der Waals surface area contributed by atoms with Crippen LogP contribution in [0.15, 0.2) is 0 Å². The Morgan fingerprint density at radius 1 is 0.618 bits per heavy atom. The van der Waals surface area contributed by atoms with Crippen LogP contribution in [-0.2, 0) is 19.2 Å². The Bertz CT molecular complexity index is 857. The van der Waals surface area contributed by atoms with Crippen LogP contribution in [0.3, 0.4) is 0 Å². The van der Waals surface area contributed by atoms with Crippen LogP contribution in [0, 0.1) is 22.7 Å². The van der Waals surface area contributed by atoms with Crippen LogP contribution in [0.5, 0.6) is 0 Å². The Balaban J connectivity index is 2.65. The molecule has 2 fully saturated rings. The molecule has 0 radical (unpaired) electrons. The highest BCUT2D eigenvalue weighted by Crippen LogP contribution is 2.64. The Labute approximate surface area is 180 Å². The molecule has 18 heteroatoms. The van der Waals surface area contributed by atoms with Gasteiger partial charge in [-0.05, 0) is 6.42 Å². The molecule has 0 unspecified atom stereocenters. The second-order valence-electron chi connectivity index (χ2n) is 7.66. The van der Waals surface area contributed by atoms with Gasteiger partial charge in [-0.2, -0.15) is 52.7 Å². The number of nitrogens with zero attached hydrogens (tertiary/aromatic N) is 2. The summed E-state index contributed by atoms with van der Waals surface area (Å²) in [6.45, 7) is -2.33. The molecule has 2 heterocycles. The summed E-state index contributed by atoms with van der Waals surface area (Å²) in [4.78, 5) is 46.8. The second kappa shape index (κ2) is 7.47. The van der Waals surface area contributed by atoms with Crippen molar-refractivity contribution in [2.24, 2.45) is 22.7 Å². The zero-order chi connectivity index (χ0) is 27.0. The van der Waals surface area contributed by atoms with E-state index in [-0.39, 0.29) is 4.90 Å². The zero-order valence-corrected chi connectivity index (χ0v) is 16.6. The van der Waals surface area contributed by atoms with Crippen LogP contribution < -0.4 is 0 Å². The SMILES string of the molecule is CCC(CN1C(=O)C(C(C2C(=O)N(C)C2=O)(C(F)(F)F)C(F)(F)F)C1=O)(C(F)(F)F)C(F)(F)F. The normalized spacial score (nSPS) is 20.2. The van der Waals surface area contributed by atoms with Crippen molar-refractivity contribution < 1.29 is 71.9 Å². The van der Waals surface area contributed by atoms with Gasteiger partial charge in [0.25, 0.3) is 0 Å². The average molecular weight is 524 g/mol. The van der Waals surface area contributed by atoms with Crippen molar-refractivity contribution in [1.29, 1.82) is 0 Å². The lowest BCUT2D eigenvalue weighted by Crippen LogP contribution is -2.79. The Morgan fingerprint density at radius 2 is 0.941 bits per heavy atom. The molecular weight excluding hydrogens is 512 g/mol. The van der Waals surface area contributed by atoms with E-state index in [0.717, 1.165) is 0 Å². The summed E-state index contributed by atoms with van der Waals surface area (Å²) in [7, 11) is 0.484. The van der Waals surface area contributed by atoms with E-state index in [1.54, 1.807) is 0 Å². The van der Waals surface area contributed by atoms with Gasteiger partial charge in [-0.25, -0.2) is 0 Å². The smallest absolute Gasteiger partial charge is 0.284 e. The van der Waals surface area contributed by atoms with Gasteiger partial charge in [-0.3, -0.25) is 29.0 Å². The molecule has 0 aromatic rings. The molecule has 2 rings (SSSR count). The first-order valence-electron chi connectivity index (χ1n) is 8.89. The number of hydrogen-bond donors (Lipinski definition) is 0. The number of likely N-dealkylation sites (tertiary alicyclic amines) is 2. The highest BCUT2D eigenvalue weighted by atomic mass is 19.4. The zero-order valence-electron chi connectivity index (χ0n) is 16.6. The van der Waals surface area contributed by atoms with Gasteiger partial charge in [0.2, 0.25) is 29.0 Å². The van der Waals surface area contributed by atoms with Gasteiger partial charge in [-0.15, -0.1) is 0 Å². The molecule has 0 atom stereocenters. The van der Waals surface area contributed by atoms with E-state index in [2.05, 4.69) is 0 Å². The van der Waals surface area contributed by atoms with Gasteiger partial charge in [0.1, 0.15) is 11.8 Å². The molecule has 0 saturated carbocycles. The van der Waals surface area contributed by atoms with Crippen LogP contribution in [0.1, 0.15) is 13.3 Å². The highest BCUT2D eigenvalue weighted by molar-refractivity contribution is 6.22. The minimum absolute atomic E-state index is 0.183. The molecule has 0 bridgehead atoms. The van der Waals surface area contributed by atoms with Crippen LogP contribution in [0.2, 0.25) is 0 Å². The van der Waals surface area contributed by atoms with Crippen molar-refractivity contribution >= 4 is 23.6 Å². The van der Waals surface area contributed by atoms with Gasteiger partial charge in [0, 0.05) is 7.05 Å². The highest BCUT2D eigenvalue weighted by Gasteiger charge is 2.88. The molecule has 194 valence electrons. The topological polar surface area (TPSA) is 74.8 Å². The molecule has 0 spiro atoms. The third-order valence-electron chi connectivity index (χ3n) is 6.15. The van der Waals surface area contributed by atoms with E-state index in [1.807, 2.05) is 0 Å². The molecule has 2 aliphatic heterocycles. The standard InChI is InChI=1S/C16H12F12N2O4/c1-3-11(13(17,18)19,14(20,21)22)4-30-9(33)6(10(30)34)12(15(23,24)25,16(26,27)28)5-7(31)29(2)8(5)32/h5-6H,3-4H2,1-2H3. The van der Waals surface area contributed by atoms with Gasteiger partial charge in [0.15, 0.2) is 5.41 Å². The number of rotatable bonds is 5. The molecular formula is C16H12F12N2O4. The summed E-state index contributed by atoms with van der Waals surface area (Å²) in [6, 6.07) is 0. The van der Waals surface area contributed by atoms with E-state index in [9.17, 15) is 71.9 Å². The molecule has 6 nitrogen and oxygen atoms in total. The largest absolute Gasteiger partial charge is 0.405 e. The Hall–Kier alpha value is -2.56. The maximum Gasteiger partial charge on any atom is 0.405 e. The van der Waals surface area contributed by atoms with Crippen LogP contribution in [0.4, 0.5) is 52.7 Å². The maximum absolute atomic E-state index is 13.8. The number of amides is 4. The number of carbonyl (C=O) groups excluding carboxylic acids is 4. The molecule has 4 amide bonds. The predicted octanol–water partition coefficient (Wildman–Crippen LogP) is 3.22. The number of imide groups is 2. The first-order chi connectivity index (χ1) is 15.0. The third-order valence-corrected chi connectivity index (χ3v) is 6.15. The first-order valence-corrected chi connectivity index (χ1v) is 8.89.